The molecule has 1 aromatic carbocycles. The van der Waals surface area contributed by atoms with E-state index in [1.54, 1.807) is 11.3 Å². The summed E-state index contributed by atoms with van der Waals surface area (Å²) in [5, 5.41) is 5.63. The van der Waals surface area contributed by atoms with Crippen LogP contribution in [0.15, 0.2) is 24.3 Å². The van der Waals surface area contributed by atoms with Gasteiger partial charge in [-0.3, -0.25) is 0 Å². The number of thiophene rings is 1. The summed E-state index contributed by atoms with van der Waals surface area (Å²) in [6.45, 7) is 7.47. The lowest BCUT2D eigenvalue weighted by Crippen LogP contribution is -2.37. The normalized spacial score (nSPS) is 12.2. The van der Waals surface area contributed by atoms with Gasteiger partial charge in [0.05, 0.1) is 5.02 Å². The van der Waals surface area contributed by atoms with Gasteiger partial charge in [0, 0.05) is 27.0 Å². The van der Waals surface area contributed by atoms with Crippen LogP contribution in [0.5, 0.6) is 0 Å². The average molecular weight is 268 g/mol. The molecule has 1 N–H and O–H groups in total. The van der Waals surface area contributed by atoms with E-state index in [0.29, 0.717) is 0 Å². The van der Waals surface area contributed by atoms with E-state index in [1.807, 2.05) is 6.07 Å². The largest absolute Gasteiger partial charge is 0.307 e. The minimum absolute atomic E-state index is 0.166. The smallest absolute Gasteiger partial charge is 0.0636 e. The van der Waals surface area contributed by atoms with Gasteiger partial charge in [-0.15, -0.1) is 11.3 Å². The molecule has 0 amide bonds. The first-order valence-corrected chi connectivity index (χ1v) is 7.14. The molecular formula is C14H18ClNS. The Balaban J connectivity index is 2.22. The minimum Gasteiger partial charge on any atom is -0.307 e. The highest BCUT2D eigenvalue weighted by molar-refractivity contribution is 7.19. The molecule has 0 atom stereocenters. The maximum atomic E-state index is 6.40. The van der Waals surface area contributed by atoms with Crippen LogP contribution in [0, 0.1) is 0 Å². The molecule has 17 heavy (non-hydrogen) atoms. The van der Waals surface area contributed by atoms with Gasteiger partial charge in [0.25, 0.3) is 0 Å². The number of fused-ring (bicyclic) bond motifs is 1. The van der Waals surface area contributed by atoms with Gasteiger partial charge in [0.15, 0.2) is 0 Å². The molecule has 3 heteroatoms. The predicted octanol–water partition coefficient (Wildman–Crippen LogP) is 4.83. The summed E-state index contributed by atoms with van der Waals surface area (Å²) in [6.07, 6.45) is 1.11. The molecular weight excluding hydrogens is 250 g/mol. The molecule has 92 valence electrons. The summed E-state index contributed by atoms with van der Waals surface area (Å²) in [4.78, 5) is 1.23. The zero-order valence-corrected chi connectivity index (χ0v) is 12.1. The second-order valence-electron chi connectivity index (χ2n) is 4.93. The molecule has 1 nitrogen and oxygen atoms in total. The molecule has 0 aliphatic carbocycles. The van der Waals surface area contributed by atoms with Crippen molar-refractivity contribution >= 4 is 33.0 Å². The summed E-state index contributed by atoms with van der Waals surface area (Å²) < 4.78 is 1.27. The fourth-order valence-electron chi connectivity index (χ4n) is 1.62. The van der Waals surface area contributed by atoms with Crippen LogP contribution in [0.1, 0.15) is 32.1 Å². The van der Waals surface area contributed by atoms with Crippen molar-refractivity contribution in [1.29, 1.82) is 0 Å². The average Bonchev–Trinajstić information content (AvgIpc) is 2.65. The number of hydrogen-bond donors (Lipinski definition) is 1. The SMILES string of the molecule is CCC(C)(C)NCc1sc2ccccc2c1Cl. The van der Waals surface area contributed by atoms with Crippen LogP contribution in [0.2, 0.25) is 5.02 Å². The summed E-state index contributed by atoms with van der Waals surface area (Å²) in [7, 11) is 0. The number of rotatable bonds is 4. The third kappa shape index (κ3) is 2.82. The van der Waals surface area contributed by atoms with Crippen molar-refractivity contribution in [1.82, 2.24) is 5.32 Å². The van der Waals surface area contributed by atoms with Gasteiger partial charge < -0.3 is 5.32 Å². The van der Waals surface area contributed by atoms with Gasteiger partial charge in [-0.25, -0.2) is 0 Å². The van der Waals surface area contributed by atoms with E-state index in [0.717, 1.165) is 18.0 Å². The molecule has 1 aromatic heterocycles. The van der Waals surface area contributed by atoms with Gasteiger partial charge in [-0.2, -0.15) is 0 Å². The highest BCUT2D eigenvalue weighted by Gasteiger charge is 2.16. The van der Waals surface area contributed by atoms with Crippen molar-refractivity contribution in [2.45, 2.75) is 39.3 Å². The zero-order chi connectivity index (χ0) is 12.5. The third-order valence-electron chi connectivity index (χ3n) is 3.21. The van der Waals surface area contributed by atoms with E-state index in [9.17, 15) is 0 Å². The molecule has 2 rings (SSSR count). The molecule has 0 aliphatic rings. The standard InChI is InChI=1S/C14H18ClNS/c1-4-14(2,3)16-9-12-13(15)10-7-5-6-8-11(10)17-12/h5-8,16H,4,9H2,1-3H3. The summed E-state index contributed by atoms with van der Waals surface area (Å²) in [6, 6.07) is 8.31. The maximum absolute atomic E-state index is 6.40. The van der Waals surface area contributed by atoms with Gasteiger partial charge in [-0.05, 0) is 26.3 Å². The van der Waals surface area contributed by atoms with Crippen molar-refractivity contribution in [2.24, 2.45) is 0 Å². The summed E-state index contributed by atoms with van der Waals surface area (Å²) in [5.41, 5.74) is 0.166. The fourth-order valence-corrected chi connectivity index (χ4v) is 3.06. The number of halogens is 1. The van der Waals surface area contributed by atoms with Crippen molar-refractivity contribution in [3.8, 4) is 0 Å². The van der Waals surface area contributed by atoms with Crippen molar-refractivity contribution in [2.75, 3.05) is 0 Å². The molecule has 2 aromatic rings. The molecule has 0 fully saturated rings. The quantitative estimate of drug-likeness (QED) is 0.836. The maximum Gasteiger partial charge on any atom is 0.0636 e. The minimum atomic E-state index is 0.166. The fraction of sp³-hybridized carbons (Fsp3) is 0.429. The van der Waals surface area contributed by atoms with Crippen LogP contribution >= 0.6 is 22.9 Å². The van der Waals surface area contributed by atoms with E-state index in [2.05, 4.69) is 44.3 Å². The molecule has 0 aliphatic heterocycles. The van der Waals surface area contributed by atoms with Crippen LogP contribution in [0.25, 0.3) is 10.1 Å². The lowest BCUT2D eigenvalue weighted by molar-refractivity contribution is 0.376. The number of benzene rings is 1. The molecule has 0 saturated heterocycles. The first-order valence-electron chi connectivity index (χ1n) is 5.94. The third-order valence-corrected chi connectivity index (χ3v) is 4.93. The number of nitrogens with one attached hydrogen (secondary N) is 1. The lowest BCUT2D eigenvalue weighted by Gasteiger charge is -2.24. The molecule has 0 spiro atoms. The summed E-state index contributed by atoms with van der Waals surface area (Å²) >= 11 is 8.18. The number of hydrogen-bond acceptors (Lipinski definition) is 2. The van der Waals surface area contributed by atoms with Gasteiger partial charge in [-0.1, -0.05) is 36.7 Å². The monoisotopic (exact) mass is 267 g/mol. The Labute approximate surface area is 112 Å². The highest BCUT2D eigenvalue weighted by Crippen LogP contribution is 2.35. The van der Waals surface area contributed by atoms with Crippen LogP contribution in [0.3, 0.4) is 0 Å². The predicted molar refractivity (Wildman–Crippen MR) is 78.0 cm³/mol. The Morgan fingerprint density at radius 3 is 2.65 bits per heavy atom. The Morgan fingerprint density at radius 2 is 2.00 bits per heavy atom. The topological polar surface area (TPSA) is 12.0 Å². The Hall–Kier alpha value is -0.570. The van der Waals surface area contributed by atoms with E-state index >= 15 is 0 Å². The van der Waals surface area contributed by atoms with Gasteiger partial charge in [0.1, 0.15) is 0 Å². The first-order chi connectivity index (χ1) is 8.03. The van der Waals surface area contributed by atoms with Crippen LogP contribution in [0.4, 0.5) is 0 Å². The Bertz CT molecular complexity index is 516. The highest BCUT2D eigenvalue weighted by atomic mass is 35.5. The van der Waals surface area contributed by atoms with Crippen molar-refractivity contribution in [3.05, 3.63) is 34.2 Å². The Kier molecular flexibility index (Phi) is 3.76. The van der Waals surface area contributed by atoms with E-state index in [4.69, 9.17) is 11.6 Å². The van der Waals surface area contributed by atoms with E-state index in [1.165, 1.54) is 15.0 Å². The van der Waals surface area contributed by atoms with Crippen LogP contribution in [-0.4, -0.2) is 5.54 Å². The lowest BCUT2D eigenvalue weighted by atomic mass is 10.0. The van der Waals surface area contributed by atoms with Gasteiger partial charge in [0.2, 0.25) is 0 Å². The van der Waals surface area contributed by atoms with E-state index < -0.39 is 0 Å². The molecule has 0 saturated carbocycles. The van der Waals surface area contributed by atoms with Crippen molar-refractivity contribution in [3.63, 3.8) is 0 Å². The zero-order valence-electron chi connectivity index (χ0n) is 10.5. The molecule has 0 radical (unpaired) electrons. The molecule has 0 unspecified atom stereocenters. The second kappa shape index (κ2) is 4.97. The van der Waals surface area contributed by atoms with Crippen molar-refractivity contribution < 1.29 is 0 Å². The first kappa shape index (κ1) is 12.9. The van der Waals surface area contributed by atoms with E-state index in [-0.39, 0.29) is 5.54 Å². The molecule has 1 heterocycles. The molecule has 0 bridgehead atoms. The van der Waals surface area contributed by atoms with Crippen LogP contribution in [-0.2, 0) is 6.54 Å². The van der Waals surface area contributed by atoms with Gasteiger partial charge >= 0.3 is 0 Å². The van der Waals surface area contributed by atoms with Crippen LogP contribution < -0.4 is 5.32 Å². The Morgan fingerprint density at radius 1 is 1.29 bits per heavy atom. The second-order valence-corrected chi connectivity index (χ2v) is 6.44. The summed E-state index contributed by atoms with van der Waals surface area (Å²) in [5.74, 6) is 0.